The summed E-state index contributed by atoms with van der Waals surface area (Å²) < 4.78 is 13.2. The monoisotopic (exact) mass is 177 g/mol. The van der Waals surface area contributed by atoms with Gasteiger partial charge in [-0.2, -0.15) is 0 Å². The van der Waals surface area contributed by atoms with E-state index in [1.807, 2.05) is 25.1 Å². The number of rotatable bonds is 1. The molecule has 1 atom stereocenters. The number of fused-ring (bicyclic) bond motifs is 1. The van der Waals surface area contributed by atoms with E-state index in [4.69, 9.17) is 0 Å². The fraction of sp³-hybridized carbons (Fsp3) is 0.273. The summed E-state index contributed by atoms with van der Waals surface area (Å²) in [4.78, 5) is 3.07. The van der Waals surface area contributed by atoms with Crippen molar-refractivity contribution in [3.05, 3.63) is 35.5 Å². The predicted octanol–water partition coefficient (Wildman–Crippen LogP) is 3.51. The number of aryl methyl sites for hydroxylation is 1. The van der Waals surface area contributed by atoms with E-state index < -0.39 is 6.17 Å². The molecule has 0 saturated carbocycles. The fourth-order valence-corrected chi connectivity index (χ4v) is 1.71. The Labute approximate surface area is 76.6 Å². The van der Waals surface area contributed by atoms with E-state index in [1.54, 1.807) is 13.1 Å². The molecule has 1 heterocycles. The first-order valence-electron chi connectivity index (χ1n) is 4.41. The highest BCUT2D eigenvalue weighted by Crippen LogP contribution is 2.28. The van der Waals surface area contributed by atoms with E-state index in [1.165, 1.54) is 0 Å². The topological polar surface area (TPSA) is 15.8 Å². The van der Waals surface area contributed by atoms with Crippen molar-refractivity contribution in [2.75, 3.05) is 0 Å². The Bertz CT molecular complexity index is 429. The normalized spacial score (nSPS) is 13.5. The van der Waals surface area contributed by atoms with Gasteiger partial charge in [-0.3, -0.25) is 0 Å². The first-order chi connectivity index (χ1) is 6.20. The lowest BCUT2D eigenvalue weighted by atomic mass is 10.1. The molecule has 0 bridgehead atoms. The van der Waals surface area contributed by atoms with Crippen LogP contribution in [0, 0.1) is 6.92 Å². The van der Waals surface area contributed by atoms with Crippen molar-refractivity contribution in [1.82, 2.24) is 4.98 Å². The number of aromatic nitrogens is 1. The molecule has 1 N–H and O–H groups in total. The van der Waals surface area contributed by atoms with Crippen LogP contribution in [0.3, 0.4) is 0 Å². The van der Waals surface area contributed by atoms with Gasteiger partial charge in [0.2, 0.25) is 0 Å². The largest absolute Gasteiger partial charge is 0.361 e. The second kappa shape index (κ2) is 2.87. The number of hydrogen-bond donors (Lipinski definition) is 1. The van der Waals surface area contributed by atoms with Crippen LogP contribution in [-0.2, 0) is 0 Å². The van der Waals surface area contributed by atoms with Gasteiger partial charge in [0.05, 0.1) is 0 Å². The quantitative estimate of drug-likeness (QED) is 0.686. The van der Waals surface area contributed by atoms with Crippen LogP contribution in [0.15, 0.2) is 24.4 Å². The molecule has 0 spiro atoms. The molecule has 0 aliphatic carbocycles. The molecule has 2 heteroatoms. The second-order valence-corrected chi connectivity index (χ2v) is 3.36. The molecule has 0 fully saturated rings. The van der Waals surface area contributed by atoms with Crippen molar-refractivity contribution in [3.63, 3.8) is 0 Å². The molecule has 1 aromatic heterocycles. The molecule has 1 unspecified atom stereocenters. The minimum atomic E-state index is -0.908. The van der Waals surface area contributed by atoms with Gasteiger partial charge in [0.25, 0.3) is 0 Å². The van der Waals surface area contributed by atoms with Gasteiger partial charge in [0.15, 0.2) is 0 Å². The number of halogens is 1. The molecule has 0 radical (unpaired) electrons. The van der Waals surface area contributed by atoms with Crippen LogP contribution in [0.25, 0.3) is 10.9 Å². The maximum Gasteiger partial charge on any atom is 0.124 e. The lowest BCUT2D eigenvalue weighted by molar-refractivity contribution is 0.376. The van der Waals surface area contributed by atoms with Crippen LogP contribution < -0.4 is 0 Å². The molecule has 1 nitrogen and oxygen atoms in total. The Morgan fingerprint density at radius 3 is 2.85 bits per heavy atom. The minimum Gasteiger partial charge on any atom is -0.361 e. The highest BCUT2D eigenvalue weighted by atomic mass is 19.1. The molecule has 0 amide bonds. The number of benzene rings is 1. The van der Waals surface area contributed by atoms with Crippen molar-refractivity contribution in [2.24, 2.45) is 0 Å². The number of aromatic amines is 1. The van der Waals surface area contributed by atoms with Gasteiger partial charge in [-0.25, -0.2) is 4.39 Å². The molecule has 13 heavy (non-hydrogen) atoms. The van der Waals surface area contributed by atoms with Crippen LogP contribution >= 0.6 is 0 Å². The molecular weight excluding hydrogens is 165 g/mol. The third kappa shape index (κ3) is 1.22. The van der Waals surface area contributed by atoms with Gasteiger partial charge in [0.1, 0.15) is 6.17 Å². The van der Waals surface area contributed by atoms with Crippen molar-refractivity contribution in [1.29, 1.82) is 0 Å². The SMILES string of the molecule is Cc1cccc2[nH]cc(C(C)F)c12. The standard InChI is InChI=1S/C11H12FN/c1-7-4-3-5-10-11(7)9(6-13-10)8(2)12/h3-6,8,13H,1-2H3. The average molecular weight is 177 g/mol. The third-order valence-corrected chi connectivity index (χ3v) is 2.37. The second-order valence-electron chi connectivity index (χ2n) is 3.36. The van der Waals surface area contributed by atoms with Crippen LogP contribution in [0.5, 0.6) is 0 Å². The van der Waals surface area contributed by atoms with Gasteiger partial charge < -0.3 is 4.98 Å². The highest BCUT2D eigenvalue weighted by Gasteiger charge is 2.10. The van der Waals surface area contributed by atoms with Gasteiger partial charge in [-0.05, 0) is 25.5 Å². The summed E-state index contributed by atoms with van der Waals surface area (Å²) in [6.07, 6.45) is 0.845. The summed E-state index contributed by atoms with van der Waals surface area (Å²) in [7, 11) is 0. The lowest BCUT2D eigenvalue weighted by Gasteiger charge is -2.01. The maximum absolute atomic E-state index is 13.2. The Morgan fingerprint density at radius 2 is 2.15 bits per heavy atom. The summed E-state index contributed by atoms with van der Waals surface area (Å²) in [6, 6.07) is 5.94. The maximum atomic E-state index is 13.2. The Kier molecular flexibility index (Phi) is 1.83. The zero-order chi connectivity index (χ0) is 9.42. The third-order valence-electron chi connectivity index (χ3n) is 2.37. The van der Waals surface area contributed by atoms with E-state index in [-0.39, 0.29) is 0 Å². The van der Waals surface area contributed by atoms with E-state index in [0.29, 0.717) is 0 Å². The number of nitrogens with one attached hydrogen (secondary N) is 1. The summed E-state index contributed by atoms with van der Waals surface area (Å²) >= 11 is 0. The van der Waals surface area contributed by atoms with Gasteiger partial charge in [0, 0.05) is 22.7 Å². The minimum absolute atomic E-state index is 0.758. The molecular formula is C11H12FN. The van der Waals surface area contributed by atoms with E-state index in [9.17, 15) is 4.39 Å². The van der Waals surface area contributed by atoms with Crippen LogP contribution in [0.2, 0.25) is 0 Å². The first-order valence-corrected chi connectivity index (χ1v) is 4.41. The fourth-order valence-electron chi connectivity index (χ4n) is 1.71. The van der Waals surface area contributed by atoms with E-state index in [0.717, 1.165) is 22.0 Å². The van der Waals surface area contributed by atoms with Crippen molar-refractivity contribution >= 4 is 10.9 Å². The molecule has 0 saturated heterocycles. The Morgan fingerprint density at radius 1 is 1.38 bits per heavy atom. The van der Waals surface area contributed by atoms with Gasteiger partial charge in [-0.15, -0.1) is 0 Å². The van der Waals surface area contributed by atoms with Crippen molar-refractivity contribution in [2.45, 2.75) is 20.0 Å². The van der Waals surface area contributed by atoms with Gasteiger partial charge in [-0.1, -0.05) is 12.1 Å². The van der Waals surface area contributed by atoms with E-state index >= 15 is 0 Å². The summed E-state index contributed by atoms with van der Waals surface area (Å²) in [5.74, 6) is 0. The van der Waals surface area contributed by atoms with Crippen LogP contribution in [-0.4, -0.2) is 4.98 Å². The average Bonchev–Trinajstić information content (AvgIpc) is 2.49. The van der Waals surface area contributed by atoms with Crippen molar-refractivity contribution < 1.29 is 4.39 Å². The number of H-pyrrole nitrogens is 1. The molecule has 0 aliphatic heterocycles. The zero-order valence-electron chi connectivity index (χ0n) is 7.76. The van der Waals surface area contributed by atoms with Crippen molar-refractivity contribution in [3.8, 4) is 0 Å². The summed E-state index contributed by atoms with van der Waals surface area (Å²) in [6.45, 7) is 3.57. The van der Waals surface area contributed by atoms with E-state index in [2.05, 4.69) is 4.98 Å². The number of hydrogen-bond acceptors (Lipinski definition) is 0. The summed E-state index contributed by atoms with van der Waals surface area (Å²) in [5, 5.41) is 1.03. The molecule has 68 valence electrons. The molecule has 2 rings (SSSR count). The van der Waals surface area contributed by atoms with Crippen LogP contribution in [0.4, 0.5) is 4.39 Å². The molecule has 0 aliphatic rings. The van der Waals surface area contributed by atoms with Gasteiger partial charge >= 0.3 is 0 Å². The van der Waals surface area contributed by atoms with Crippen LogP contribution in [0.1, 0.15) is 24.2 Å². The number of alkyl halides is 1. The first kappa shape index (κ1) is 8.30. The molecule has 1 aromatic carbocycles. The predicted molar refractivity (Wildman–Crippen MR) is 52.6 cm³/mol. The summed E-state index contributed by atoms with van der Waals surface area (Å²) in [5.41, 5.74) is 2.89. The Balaban J connectivity index is 2.79. The molecule has 2 aromatic rings. The highest BCUT2D eigenvalue weighted by molar-refractivity contribution is 5.86. The zero-order valence-corrected chi connectivity index (χ0v) is 7.76. The Hall–Kier alpha value is -1.31. The smallest absolute Gasteiger partial charge is 0.124 e. The lowest BCUT2D eigenvalue weighted by Crippen LogP contribution is -1.84.